The van der Waals surface area contributed by atoms with Gasteiger partial charge in [-0.05, 0) is 38.5 Å². The number of esters is 2. The van der Waals surface area contributed by atoms with Gasteiger partial charge in [-0.3, -0.25) is 9.59 Å². The molecule has 0 saturated heterocycles. The lowest BCUT2D eigenvalue weighted by molar-refractivity contribution is -0.889. The molecule has 346 valence electrons. The van der Waals surface area contributed by atoms with Crippen LogP contribution in [0.25, 0.3) is 0 Å². The zero-order valence-electron chi connectivity index (χ0n) is 39.4. The third kappa shape index (κ3) is 41.0. The van der Waals surface area contributed by atoms with Crippen LogP contribution < -0.4 is 5.11 Å². The van der Waals surface area contributed by atoms with Gasteiger partial charge < -0.3 is 28.6 Å². The van der Waals surface area contributed by atoms with Crippen LogP contribution in [0.5, 0.6) is 0 Å². The van der Waals surface area contributed by atoms with Crippen molar-refractivity contribution in [3.8, 4) is 0 Å². The lowest BCUT2D eigenvalue weighted by atomic mass is 10.0. The fourth-order valence-electron chi connectivity index (χ4n) is 7.48. The Balaban J connectivity index is 4.23. The summed E-state index contributed by atoms with van der Waals surface area (Å²) in [4.78, 5) is 37.0. The van der Waals surface area contributed by atoms with Gasteiger partial charge in [0.05, 0.1) is 40.3 Å². The first-order valence-corrected chi connectivity index (χ1v) is 24.9. The lowest BCUT2D eigenvalue weighted by Gasteiger charge is -2.34. The second kappa shape index (κ2) is 42.5. The van der Waals surface area contributed by atoms with Crippen LogP contribution in [0.4, 0.5) is 0 Å². The molecule has 0 aliphatic rings. The average Bonchev–Trinajstić information content (AvgIpc) is 3.19. The Labute approximate surface area is 364 Å². The van der Waals surface area contributed by atoms with Gasteiger partial charge in [0.15, 0.2) is 6.10 Å². The quantitative estimate of drug-likeness (QED) is 0.0260. The van der Waals surface area contributed by atoms with Crippen LogP contribution in [0, 0.1) is 0 Å². The molecule has 0 amide bonds. The van der Waals surface area contributed by atoms with Crippen LogP contribution in [0.3, 0.4) is 0 Å². The van der Waals surface area contributed by atoms with Gasteiger partial charge in [-0.2, -0.15) is 0 Å². The van der Waals surface area contributed by atoms with Crippen molar-refractivity contribution in [3.05, 3.63) is 24.3 Å². The lowest BCUT2D eigenvalue weighted by Crippen LogP contribution is -2.55. The Hall–Kier alpha value is -2.19. The molecule has 0 aromatic heterocycles. The molecule has 8 heteroatoms. The first kappa shape index (κ1) is 56.8. The molecule has 2 atom stereocenters. The maximum atomic E-state index is 12.7. The number of carboxylic acids is 1. The van der Waals surface area contributed by atoms with Crippen molar-refractivity contribution >= 4 is 17.9 Å². The number of aliphatic carboxylic acids is 1. The summed E-state index contributed by atoms with van der Waals surface area (Å²) < 4.78 is 17.2. The molecular formula is C51H95NO7. The number of rotatable bonds is 45. The van der Waals surface area contributed by atoms with E-state index in [1.165, 1.54) is 161 Å². The Morgan fingerprint density at radius 1 is 0.508 bits per heavy atom. The summed E-state index contributed by atoms with van der Waals surface area (Å²) in [6, 6.07) is -0.723. The van der Waals surface area contributed by atoms with Crippen LogP contribution >= 0.6 is 0 Å². The van der Waals surface area contributed by atoms with E-state index in [4.69, 9.17) is 14.2 Å². The van der Waals surface area contributed by atoms with Crippen LogP contribution in [-0.4, -0.2) is 75.5 Å². The van der Waals surface area contributed by atoms with Gasteiger partial charge in [0, 0.05) is 19.3 Å². The van der Waals surface area contributed by atoms with Crippen LogP contribution in [0.2, 0.25) is 0 Å². The van der Waals surface area contributed by atoms with Gasteiger partial charge in [-0.25, -0.2) is 0 Å². The molecule has 0 heterocycles. The van der Waals surface area contributed by atoms with E-state index in [1.807, 2.05) is 0 Å². The van der Waals surface area contributed by atoms with Crippen molar-refractivity contribution in [2.45, 2.75) is 244 Å². The molecule has 2 unspecified atom stereocenters. The Morgan fingerprint density at radius 3 is 1.29 bits per heavy atom. The zero-order valence-corrected chi connectivity index (χ0v) is 39.4. The van der Waals surface area contributed by atoms with E-state index in [1.54, 1.807) is 21.1 Å². The second-order valence-electron chi connectivity index (χ2n) is 18.1. The van der Waals surface area contributed by atoms with Gasteiger partial charge in [0.25, 0.3) is 0 Å². The highest BCUT2D eigenvalue weighted by molar-refractivity contribution is 5.70. The van der Waals surface area contributed by atoms with Crippen molar-refractivity contribution in [2.75, 3.05) is 41.0 Å². The van der Waals surface area contributed by atoms with Crippen molar-refractivity contribution in [1.82, 2.24) is 0 Å². The number of hydrogen-bond donors (Lipinski definition) is 0. The molecule has 0 spiro atoms. The number of quaternary nitrogens is 1. The van der Waals surface area contributed by atoms with Crippen molar-refractivity contribution in [2.24, 2.45) is 0 Å². The van der Waals surface area contributed by atoms with Gasteiger partial charge >= 0.3 is 11.9 Å². The fourth-order valence-corrected chi connectivity index (χ4v) is 7.48. The Kier molecular flexibility index (Phi) is 40.9. The summed E-state index contributed by atoms with van der Waals surface area (Å²) in [5.41, 5.74) is 0. The molecule has 8 nitrogen and oxygen atoms in total. The minimum Gasteiger partial charge on any atom is -0.544 e. The molecule has 0 N–H and O–H groups in total. The summed E-state index contributed by atoms with van der Waals surface area (Å²) in [6.07, 6.45) is 47.7. The topological polar surface area (TPSA) is 102 Å². The molecule has 0 radical (unpaired) electrons. The number of nitrogens with zero attached hydrogens (tertiary/aromatic N) is 1. The Morgan fingerprint density at radius 2 is 0.881 bits per heavy atom. The smallest absolute Gasteiger partial charge is 0.306 e. The molecule has 0 aromatic rings. The van der Waals surface area contributed by atoms with Crippen molar-refractivity contribution in [1.29, 1.82) is 0 Å². The minimum atomic E-state index is -1.12. The molecule has 0 aliphatic carbocycles. The monoisotopic (exact) mass is 834 g/mol. The van der Waals surface area contributed by atoms with E-state index in [0.29, 0.717) is 12.8 Å². The average molecular weight is 834 g/mol. The number of carbonyl (C=O) groups is 3. The third-order valence-electron chi connectivity index (χ3n) is 11.4. The van der Waals surface area contributed by atoms with Gasteiger partial charge in [-0.15, -0.1) is 0 Å². The number of unbranched alkanes of at least 4 members (excludes halogenated alkanes) is 28. The molecular weight excluding hydrogens is 739 g/mol. The molecule has 0 aromatic carbocycles. The van der Waals surface area contributed by atoms with E-state index < -0.39 is 18.1 Å². The molecule has 0 bridgehead atoms. The highest BCUT2D eigenvalue weighted by Gasteiger charge is 2.25. The fraction of sp³-hybridized carbons (Fsp3) is 0.863. The van der Waals surface area contributed by atoms with Crippen LogP contribution in [0.15, 0.2) is 24.3 Å². The first-order valence-electron chi connectivity index (χ1n) is 24.9. The predicted octanol–water partition coefficient (Wildman–Crippen LogP) is 12.7. The number of allylic oxidation sites excluding steroid dienone is 4. The third-order valence-corrected chi connectivity index (χ3v) is 11.4. The SMILES string of the molecule is CCCCCC/C=C/C=C/CCCCCCCCCCCCC(=O)OCC(COCCC(C(=O)[O-])[N+](C)(C)C)OC(=O)CCCCCCCCCCCCCCCCC. The second-order valence-corrected chi connectivity index (χ2v) is 18.1. The summed E-state index contributed by atoms with van der Waals surface area (Å²) in [5.74, 6) is -1.72. The standard InChI is InChI=1S/C51H95NO7/c1-6-8-10-12-14-16-18-20-22-23-24-25-26-28-29-31-33-35-37-39-41-49(53)58-46-47(45-57-44-43-48(51(55)56)52(3,4)5)59-50(54)42-40-38-36-34-32-30-27-21-19-17-15-13-11-9-7-2/h16,18,20,22,47-48H,6-15,17,19,21,23-46H2,1-5H3/b18-16+,22-20+. The minimum absolute atomic E-state index is 0.0444. The first-order chi connectivity index (χ1) is 28.6. The van der Waals surface area contributed by atoms with E-state index in [0.717, 1.165) is 38.5 Å². The van der Waals surface area contributed by atoms with Gasteiger partial charge in [-0.1, -0.05) is 199 Å². The zero-order chi connectivity index (χ0) is 43.5. The summed E-state index contributed by atoms with van der Waals surface area (Å²) in [5, 5.41) is 11.6. The number of ether oxygens (including phenoxy) is 3. The largest absolute Gasteiger partial charge is 0.544 e. The number of likely N-dealkylation sites (N-methyl/N-ethyl adjacent to an activating group) is 1. The maximum absolute atomic E-state index is 12.7. The summed E-state index contributed by atoms with van der Waals surface area (Å²) in [7, 11) is 5.42. The van der Waals surface area contributed by atoms with Crippen LogP contribution in [0.1, 0.15) is 232 Å². The van der Waals surface area contributed by atoms with E-state index in [9.17, 15) is 19.5 Å². The number of hydrogen-bond acceptors (Lipinski definition) is 7. The molecule has 0 aliphatic heterocycles. The van der Waals surface area contributed by atoms with Crippen LogP contribution in [-0.2, 0) is 28.6 Å². The highest BCUT2D eigenvalue weighted by atomic mass is 16.6. The predicted molar refractivity (Wildman–Crippen MR) is 245 cm³/mol. The van der Waals surface area contributed by atoms with E-state index in [-0.39, 0.29) is 42.7 Å². The van der Waals surface area contributed by atoms with E-state index >= 15 is 0 Å². The van der Waals surface area contributed by atoms with Gasteiger partial charge in [0.2, 0.25) is 0 Å². The maximum Gasteiger partial charge on any atom is 0.306 e. The molecule has 59 heavy (non-hydrogen) atoms. The van der Waals surface area contributed by atoms with Gasteiger partial charge in [0.1, 0.15) is 12.6 Å². The molecule has 0 rings (SSSR count). The highest BCUT2D eigenvalue weighted by Crippen LogP contribution is 2.16. The van der Waals surface area contributed by atoms with Crippen molar-refractivity contribution in [3.63, 3.8) is 0 Å². The molecule has 0 fully saturated rings. The summed E-state index contributed by atoms with van der Waals surface area (Å²) in [6.45, 7) is 4.67. The normalized spacial score (nSPS) is 13.0. The van der Waals surface area contributed by atoms with Crippen molar-refractivity contribution < 1.29 is 38.2 Å². The number of carbonyl (C=O) groups excluding carboxylic acids is 3. The Bertz CT molecular complexity index is 1020. The number of carboxylic acid groups (broad SMARTS) is 1. The summed E-state index contributed by atoms with van der Waals surface area (Å²) >= 11 is 0. The molecule has 0 saturated carbocycles. The van der Waals surface area contributed by atoms with E-state index in [2.05, 4.69) is 38.2 Å².